The standard InChI is InChI=1S/C17H21N5O4S/c1-3-26-16-13(11-18)12-19-17(22-16)21-14-5-7-15(8-6-14)27(23,24)20-9-4-10-25-2/h5-8,12,20H,3-4,9-10H2,1-2H3,(H,19,21,22). The molecule has 0 radical (unpaired) electrons. The van der Waals surface area contributed by atoms with Crippen molar-refractivity contribution in [2.24, 2.45) is 0 Å². The molecule has 0 bridgehead atoms. The summed E-state index contributed by atoms with van der Waals surface area (Å²) in [5, 5.41) is 12.0. The van der Waals surface area contributed by atoms with Crippen molar-refractivity contribution in [3.05, 3.63) is 36.0 Å². The van der Waals surface area contributed by atoms with Gasteiger partial charge in [-0.15, -0.1) is 0 Å². The molecule has 2 aromatic rings. The van der Waals surface area contributed by atoms with Crippen LogP contribution in [0.25, 0.3) is 0 Å². The van der Waals surface area contributed by atoms with E-state index in [4.69, 9.17) is 14.7 Å². The lowest BCUT2D eigenvalue weighted by Gasteiger charge is -2.10. The molecule has 144 valence electrons. The van der Waals surface area contributed by atoms with Crippen molar-refractivity contribution in [3.63, 3.8) is 0 Å². The van der Waals surface area contributed by atoms with E-state index in [2.05, 4.69) is 20.0 Å². The Morgan fingerprint density at radius 2 is 2.00 bits per heavy atom. The van der Waals surface area contributed by atoms with Gasteiger partial charge in [0.1, 0.15) is 11.6 Å². The molecule has 0 fully saturated rings. The van der Waals surface area contributed by atoms with Crippen LogP contribution in [0.3, 0.4) is 0 Å². The van der Waals surface area contributed by atoms with Crippen molar-refractivity contribution in [2.75, 3.05) is 32.2 Å². The van der Waals surface area contributed by atoms with E-state index in [0.717, 1.165) is 0 Å². The molecular weight excluding hydrogens is 370 g/mol. The molecule has 9 nitrogen and oxygen atoms in total. The number of benzene rings is 1. The number of hydrogen-bond acceptors (Lipinski definition) is 8. The highest BCUT2D eigenvalue weighted by atomic mass is 32.2. The van der Waals surface area contributed by atoms with Crippen LogP contribution in [0.15, 0.2) is 35.4 Å². The Morgan fingerprint density at radius 3 is 2.63 bits per heavy atom. The topological polar surface area (TPSA) is 126 Å². The zero-order chi connectivity index (χ0) is 19.7. The number of hydrogen-bond donors (Lipinski definition) is 2. The number of anilines is 2. The fourth-order valence-electron chi connectivity index (χ4n) is 2.10. The maximum Gasteiger partial charge on any atom is 0.240 e. The van der Waals surface area contributed by atoms with Crippen LogP contribution in [0.1, 0.15) is 18.9 Å². The fourth-order valence-corrected chi connectivity index (χ4v) is 3.18. The number of rotatable bonds is 10. The molecule has 2 N–H and O–H groups in total. The largest absolute Gasteiger partial charge is 0.477 e. The molecule has 1 aromatic heterocycles. The van der Waals surface area contributed by atoms with Crippen LogP contribution in [0.4, 0.5) is 11.6 Å². The summed E-state index contributed by atoms with van der Waals surface area (Å²) < 4.78 is 37.1. The summed E-state index contributed by atoms with van der Waals surface area (Å²) in [6.07, 6.45) is 1.96. The average Bonchev–Trinajstić information content (AvgIpc) is 2.66. The highest BCUT2D eigenvalue weighted by molar-refractivity contribution is 7.89. The van der Waals surface area contributed by atoms with Gasteiger partial charge in [0, 0.05) is 25.9 Å². The molecule has 0 atom stereocenters. The predicted molar refractivity (Wildman–Crippen MR) is 99.3 cm³/mol. The van der Waals surface area contributed by atoms with Gasteiger partial charge in [-0.1, -0.05) is 0 Å². The van der Waals surface area contributed by atoms with Gasteiger partial charge in [0.05, 0.1) is 17.7 Å². The number of sulfonamides is 1. The van der Waals surface area contributed by atoms with Crippen LogP contribution in [-0.4, -0.2) is 45.3 Å². The Hall–Kier alpha value is -2.74. The number of methoxy groups -OCH3 is 1. The minimum atomic E-state index is -3.57. The summed E-state index contributed by atoms with van der Waals surface area (Å²) in [5.74, 6) is 0.433. The van der Waals surface area contributed by atoms with E-state index in [0.29, 0.717) is 31.9 Å². The first-order chi connectivity index (χ1) is 13.0. The quantitative estimate of drug-likeness (QED) is 0.587. The third-order valence-corrected chi connectivity index (χ3v) is 4.87. The minimum absolute atomic E-state index is 0.154. The summed E-state index contributed by atoms with van der Waals surface area (Å²) in [4.78, 5) is 8.35. The normalized spacial score (nSPS) is 11.0. The summed E-state index contributed by atoms with van der Waals surface area (Å²) in [7, 11) is -2.01. The van der Waals surface area contributed by atoms with Crippen molar-refractivity contribution >= 4 is 21.7 Å². The minimum Gasteiger partial charge on any atom is -0.477 e. The molecule has 0 amide bonds. The number of nitrogens with zero attached hydrogens (tertiary/aromatic N) is 3. The van der Waals surface area contributed by atoms with E-state index >= 15 is 0 Å². The third kappa shape index (κ3) is 5.89. The maximum atomic E-state index is 12.2. The van der Waals surface area contributed by atoms with Crippen LogP contribution in [0, 0.1) is 11.3 Å². The zero-order valence-corrected chi connectivity index (χ0v) is 15.9. The van der Waals surface area contributed by atoms with Gasteiger partial charge >= 0.3 is 0 Å². The van der Waals surface area contributed by atoms with Crippen LogP contribution >= 0.6 is 0 Å². The van der Waals surface area contributed by atoms with E-state index in [1.165, 1.54) is 18.3 Å². The van der Waals surface area contributed by atoms with E-state index in [-0.39, 0.29) is 22.3 Å². The summed E-state index contributed by atoms with van der Waals surface area (Å²) >= 11 is 0. The first-order valence-electron chi connectivity index (χ1n) is 8.25. The van der Waals surface area contributed by atoms with Gasteiger partial charge in [-0.05, 0) is 37.6 Å². The Kier molecular flexibility index (Phi) is 7.48. The van der Waals surface area contributed by atoms with E-state index < -0.39 is 10.0 Å². The number of nitrogens with one attached hydrogen (secondary N) is 2. The van der Waals surface area contributed by atoms with Crippen LogP contribution in [0.5, 0.6) is 5.88 Å². The molecule has 1 heterocycles. The SMILES string of the molecule is CCOc1nc(Nc2ccc(S(=O)(=O)NCCCOC)cc2)ncc1C#N. The third-order valence-electron chi connectivity index (χ3n) is 3.39. The zero-order valence-electron chi connectivity index (χ0n) is 15.1. The summed E-state index contributed by atoms with van der Waals surface area (Å²) in [6, 6.07) is 8.13. The average molecular weight is 391 g/mol. The lowest BCUT2D eigenvalue weighted by Crippen LogP contribution is -2.25. The molecule has 0 unspecified atom stereocenters. The monoisotopic (exact) mass is 391 g/mol. The number of ether oxygens (including phenoxy) is 2. The molecule has 0 aliphatic rings. The lowest BCUT2D eigenvalue weighted by atomic mass is 10.3. The van der Waals surface area contributed by atoms with Gasteiger partial charge in [-0.3, -0.25) is 0 Å². The highest BCUT2D eigenvalue weighted by Gasteiger charge is 2.13. The predicted octanol–water partition coefficient (Wildman–Crippen LogP) is 1.81. The van der Waals surface area contributed by atoms with Gasteiger partial charge < -0.3 is 14.8 Å². The van der Waals surface area contributed by atoms with E-state index in [1.807, 2.05) is 6.07 Å². The second-order valence-electron chi connectivity index (χ2n) is 5.35. The first kappa shape index (κ1) is 20.6. The molecule has 0 spiro atoms. The van der Waals surface area contributed by atoms with E-state index in [9.17, 15) is 8.42 Å². The van der Waals surface area contributed by atoms with Crippen molar-refractivity contribution in [1.29, 1.82) is 5.26 Å². The molecule has 2 rings (SSSR count). The van der Waals surface area contributed by atoms with Crippen LogP contribution in [0.2, 0.25) is 0 Å². The van der Waals surface area contributed by atoms with Gasteiger partial charge in [0.2, 0.25) is 21.9 Å². The second-order valence-corrected chi connectivity index (χ2v) is 7.12. The Bertz CT molecular complexity index is 895. The molecule has 0 aliphatic heterocycles. The molecule has 27 heavy (non-hydrogen) atoms. The van der Waals surface area contributed by atoms with Crippen molar-refractivity contribution in [1.82, 2.24) is 14.7 Å². The second kappa shape index (κ2) is 9.82. The molecule has 0 saturated heterocycles. The smallest absolute Gasteiger partial charge is 0.240 e. The van der Waals surface area contributed by atoms with Crippen LogP contribution in [-0.2, 0) is 14.8 Å². The fraction of sp³-hybridized carbons (Fsp3) is 0.353. The molecule has 0 saturated carbocycles. The lowest BCUT2D eigenvalue weighted by molar-refractivity contribution is 0.196. The number of nitriles is 1. The highest BCUT2D eigenvalue weighted by Crippen LogP contribution is 2.20. The van der Waals surface area contributed by atoms with Gasteiger partial charge in [0.25, 0.3) is 0 Å². The first-order valence-corrected chi connectivity index (χ1v) is 9.74. The maximum absolute atomic E-state index is 12.2. The van der Waals surface area contributed by atoms with Crippen molar-refractivity contribution in [2.45, 2.75) is 18.2 Å². The molecule has 1 aromatic carbocycles. The van der Waals surface area contributed by atoms with Gasteiger partial charge in [-0.25, -0.2) is 18.1 Å². The van der Waals surface area contributed by atoms with Crippen molar-refractivity contribution < 1.29 is 17.9 Å². The Balaban J connectivity index is 2.07. The Labute approximate surface area is 158 Å². The van der Waals surface area contributed by atoms with Crippen LogP contribution < -0.4 is 14.8 Å². The van der Waals surface area contributed by atoms with Gasteiger partial charge in [-0.2, -0.15) is 10.2 Å². The van der Waals surface area contributed by atoms with Gasteiger partial charge in [0.15, 0.2) is 0 Å². The summed E-state index contributed by atoms with van der Waals surface area (Å²) in [5.41, 5.74) is 0.837. The molecule has 10 heteroatoms. The Morgan fingerprint density at radius 1 is 1.26 bits per heavy atom. The van der Waals surface area contributed by atoms with E-state index in [1.54, 1.807) is 26.2 Å². The van der Waals surface area contributed by atoms with Crippen molar-refractivity contribution in [3.8, 4) is 11.9 Å². The molecule has 0 aliphatic carbocycles. The molecular formula is C17H21N5O4S. The number of aromatic nitrogens is 2. The summed E-state index contributed by atoms with van der Waals surface area (Å²) in [6.45, 7) is 2.95.